The monoisotopic (exact) mass is 396 g/mol. The zero-order valence-corrected chi connectivity index (χ0v) is 16.8. The number of nitrogens with zero attached hydrogens (tertiary/aromatic N) is 6. The van der Waals surface area contributed by atoms with Crippen molar-refractivity contribution in [1.29, 1.82) is 0 Å². The zero-order chi connectivity index (χ0) is 20.4. The molecule has 0 N–H and O–H groups in total. The fourth-order valence-electron chi connectivity index (χ4n) is 3.27. The molecule has 1 fully saturated rings. The van der Waals surface area contributed by atoms with Gasteiger partial charge in [0.1, 0.15) is 11.6 Å². The van der Waals surface area contributed by atoms with E-state index in [1.165, 1.54) is 0 Å². The van der Waals surface area contributed by atoms with Crippen molar-refractivity contribution in [2.24, 2.45) is 0 Å². The maximum atomic E-state index is 12.1. The lowest BCUT2D eigenvalue weighted by Crippen LogP contribution is -2.49. The van der Waals surface area contributed by atoms with E-state index in [0.29, 0.717) is 31.9 Å². The lowest BCUT2D eigenvalue weighted by molar-refractivity contribution is 0.0751. The summed E-state index contributed by atoms with van der Waals surface area (Å²) in [5.41, 5.74) is 2.38. The maximum Gasteiger partial charge on any atom is 0.410 e. The second-order valence-corrected chi connectivity index (χ2v) is 7.10. The molecule has 3 aromatic heterocycles. The Balaban J connectivity index is 1.53. The smallest absolute Gasteiger partial charge is 0.410 e. The van der Waals surface area contributed by atoms with Crippen LogP contribution < -0.4 is 9.64 Å². The molecule has 9 nitrogen and oxygen atoms in total. The number of hydrogen-bond donors (Lipinski definition) is 0. The summed E-state index contributed by atoms with van der Waals surface area (Å²) in [6.45, 7) is 6.30. The minimum Gasteiger partial charge on any atom is -0.495 e. The van der Waals surface area contributed by atoms with Crippen molar-refractivity contribution < 1.29 is 14.3 Å². The van der Waals surface area contributed by atoms with Gasteiger partial charge in [0, 0.05) is 32.4 Å². The van der Waals surface area contributed by atoms with Gasteiger partial charge in [-0.1, -0.05) is 0 Å². The molecular weight excluding hydrogens is 372 g/mol. The van der Waals surface area contributed by atoms with Gasteiger partial charge in [-0.2, -0.15) is 5.10 Å². The van der Waals surface area contributed by atoms with Gasteiger partial charge in [0.05, 0.1) is 36.9 Å². The van der Waals surface area contributed by atoms with Gasteiger partial charge >= 0.3 is 6.09 Å². The molecule has 1 saturated heterocycles. The van der Waals surface area contributed by atoms with Gasteiger partial charge in [-0.15, -0.1) is 0 Å². The average molecular weight is 396 g/mol. The molecule has 0 radical (unpaired) electrons. The van der Waals surface area contributed by atoms with Crippen molar-refractivity contribution >= 4 is 17.6 Å². The van der Waals surface area contributed by atoms with Gasteiger partial charge < -0.3 is 19.3 Å². The Morgan fingerprint density at radius 3 is 2.55 bits per heavy atom. The molecule has 0 saturated carbocycles. The van der Waals surface area contributed by atoms with Gasteiger partial charge in [-0.05, 0) is 32.0 Å². The molecule has 1 amide bonds. The first-order valence-corrected chi connectivity index (χ1v) is 9.60. The Kier molecular flexibility index (Phi) is 5.20. The zero-order valence-electron chi connectivity index (χ0n) is 16.8. The predicted molar refractivity (Wildman–Crippen MR) is 108 cm³/mol. The van der Waals surface area contributed by atoms with Gasteiger partial charge in [0.15, 0.2) is 5.65 Å². The van der Waals surface area contributed by atoms with Crippen LogP contribution in [0.25, 0.3) is 16.9 Å². The van der Waals surface area contributed by atoms with Crippen LogP contribution in [0, 0.1) is 0 Å². The molecule has 152 valence electrons. The summed E-state index contributed by atoms with van der Waals surface area (Å²) in [5, 5.41) is 4.38. The van der Waals surface area contributed by atoms with Gasteiger partial charge in [0.25, 0.3) is 0 Å². The number of carbonyl (C=O) groups is 1. The highest BCUT2D eigenvalue weighted by atomic mass is 16.6. The van der Waals surface area contributed by atoms with Crippen molar-refractivity contribution in [1.82, 2.24) is 24.5 Å². The fraction of sp³-hybridized carbons (Fsp3) is 0.400. The number of anilines is 1. The third kappa shape index (κ3) is 3.94. The summed E-state index contributed by atoms with van der Waals surface area (Å²) in [4.78, 5) is 25.2. The first kappa shape index (κ1) is 19.0. The molecule has 1 aliphatic rings. The third-order valence-electron chi connectivity index (χ3n) is 4.80. The number of carbonyl (C=O) groups excluding carboxylic acids is 1. The summed E-state index contributed by atoms with van der Waals surface area (Å²) in [6, 6.07) is 5.70. The van der Waals surface area contributed by atoms with Crippen LogP contribution in [0.15, 0.2) is 36.8 Å². The van der Waals surface area contributed by atoms with Gasteiger partial charge in [-0.3, -0.25) is 4.98 Å². The average Bonchev–Trinajstić information content (AvgIpc) is 3.16. The van der Waals surface area contributed by atoms with E-state index in [4.69, 9.17) is 14.5 Å². The quantitative estimate of drug-likeness (QED) is 0.670. The van der Waals surface area contributed by atoms with Crippen molar-refractivity contribution in [3.63, 3.8) is 0 Å². The van der Waals surface area contributed by atoms with Crippen molar-refractivity contribution in [2.45, 2.75) is 20.0 Å². The Hall–Kier alpha value is -3.36. The van der Waals surface area contributed by atoms with E-state index in [1.807, 2.05) is 38.2 Å². The van der Waals surface area contributed by atoms with Gasteiger partial charge in [-0.25, -0.2) is 14.3 Å². The number of pyridine rings is 1. The fourth-order valence-corrected chi connectivity index (χ4v) is 3.27. The Morgan fingerprint density at radius 2 is 1.90 bits per heavy atom. The number of aromatic nitrogens is 4. The van der Waals surface area contributed by atoms with E-state index < -0.39 is 0 Å². The van der Waals surface area contributed by atoms with Crippen LogP contribution >= 0.6 is 0 Å². The van der Waals surface area contributed by atoms with Crippen LogP contribution in [0.1, 0.15) is 13.8 Å². The number of piperazine rings is 1. The largest absolute Gasteiger partial charge is 0.495 e. The molecule has 0 bridgehead atoms. The molecule has 0 aromatic carbocycles. The molecule has 4 rings (SSSR count). The SMILES string of the molecule is COc1ccc(-c2cnn3ccc(N4CCN(C(=O)OC(C)C)CC4)nc23)nc1. The number of amides is 1. The van der Waals surface area contributed by atoms with Crippen LogP contribution in [-0.4, -0.2) is 70.0 Å². The molecule has 29 heavy (non-hydrogen) atoms. The molecule has 9 heteroatoms. The van der Waals surface area contributed by atoms with E-state index in [2.05, 4.69) is 15.0 Å². The standard InChI is InChI=1S/C20H24N6O3/c1-14(2)29-20(27)25-10-8-24(9-11-25)18-6-7-26-19(23-18)16(13-22-26)17-5-4-15(28-3)12-21-17/h4-7,12-14H,8-11H2,1-3H3. The molecule has 0 atom stereocenters. The van der Waals surface area contributed by atoms with Crippen LogP contribution in [0.4, 0.5) is 10.6 Å². The van der Waals surface area contributed by atoms with E-state index in [-0.39, 0.29) is 12.2 Å². The molecule has 1 aliphatic heterocycles. The number of fused-ring (bicyclic) bond motifs is 1. The van der Waals surface area contributed by atoms with E-state index in [1.54, 1.807) is 28.9 Å². The minimum atomic E-state index is -0.258. The first-order chi connectivity index (χ1) is 14.0. The summed E-state index contributed by atoms with van der Waals surface area (Å²) in [6.07, 6.45) is 4.96. The predicted octanol–water partition coefficient (Wildman–Crippen LogP) is 2.47. The summed E-state index contributed by atoms with van der Waals surface area (Å²) in [5.74, 6) is 1.55. The second-order valence-electron chi connectivity index (χ2n) is 7.10. The molecule has 3 aromatic rings. The van der Waals surface area contributed by atoms with Crippen LogP contribution in [0.2, 0.25) is 0 Å². The minimum absolute atomic E-state index is 0.114. The first-order valence-electron chi connectivity index (χ1n) is 9.60. The number of hydrogen-bond acceptors (Lipinski definition) is 7. The topological polar surface area (TPSA) is 85.1 Å². The Morgan fingerprint density at radius 1 is 1.10 bits per heavy atom. The number of rotatable bonds is 4. The maximum absolute atomic E-state index is 12.1. The Labute approximate surface area is 168 Å². The van der Waals surface area contributed by atoms with E-state index in [0.717, 1.165) is 22.7 Å². The highest BCUT2D eigenvalue weighted by Crippen LogP contribution is 2.25. The third-order valence-corrected chi connectivity index (χ3v) is 4.80. The van der Waals surface area contributed by atoms with E-state index >= 15 is 0 Å². The summed E-state index contributed by atoms with van der Waals surface area (Å²) in [7, 11) is 1.61. The van der Waals surface area contributed by atoms with Crippen LogP contribution in [0.3, 0.4) is 0 Å². The lowest BCUT2D eigenvalue weighted by atomic mass is 10.2. The molecule has 0 spiro atoms. The summed E-state index contributed by atoms with van der Waals surface area (Å²) >= 11 is 0. The summed E-state index contributed by atoms with van der Waals surface area (Å²) < 4.78 is 12.2. The molecule has 0 aliphatic carbocycles. The number of ether oxygens (including phenoxy) is 2. The lowest BCUT2D eigenvalue weighted by Gasteiger charge is -2.35. The highest BCUT2D eigenvalue weighted by molar-refractivity contribution is 5.75. The highest BCUT2D eigenvalue weighted by Gasteiger charge is 2.24. The second kappa shape index (κ2) is 7.94. The number of methoxy groups -OCH3 is 1. The van der Waals surface area contributed by atoms with Gasteiger partial charge in [0.2, 0.25) is 0 Å². The molecular formula is C20H24N6O3. The van der Waals surface area contributed by atoms with Crippen LogP contribution in [0.5, 0.6) is 5.75 Å². The van der Waals surface area contributed by atoms with Crippen LogP contribution in [-0.2, 0) is 4.74 Å². The van der Waals surface area contributed by atoms with E-state index in [9.17, 15) is 4.79 Å². The normalized spacial score (nSPS) is 14.5. The molecule has 0 unspecified atom stereocenters. The Bertz CT molecular complexity index is 993. The van der Waals surface area contributed by atoms with Crippen molar-refractivity contribution in [3.05, 3.63) is 36.8 Å². The van der Waals surface area contributed by atoms with Crippen molar-refractivity contribution in [2.75, 3.05) is 38.2 Å². The van der Waals surface area contributed by atoms with Crippen molar-refractivity contribution in [3.8, 4) is 17.0 Å². The molecule has 4 heterocycles.